The van der Waals surface area contributed by atoms with Gasteiger partial charge in [0.1, 0.15) is 17.8 Å². The molecule has 1 aromatic rings. The number of carbonyl (C=O) groups excluding carboxylic acids is 2. The molecule has 1 aromatic carbocycles. The Balaban J connectivity index is 1.78. The van der Waals surface area contributed by atoms with Crippen molar-refractivity contribution >= 4 is 11.8 Å². The van der Waals surface area contributed by atoms with Gasteiger partial charge in [-0.05, 0) is 61.1 Å². The van der Waals surface area contributed by atoms with Gasteiger partial charge in [-0.25, -0.2) is 0 Å². The Morgan fingerprint density at radius 2 is 1.96 bits per heavy atom. The number of cyclic esters (lactones) is 1. The summed E-state index contributed by atoms with van der Waals surface area (Å²) in [5.74, 6) is 0.0227. The maximum Gasteiger partial charge on any atom is 0.313 e. The summed E-state index contributed by atoms with van der Waals surface area (Å²) in [6.45, 7) is 5.11. The van der Waals surface area contributed by atoms with Crippen LogP contribution < -0.4 is 5.73 Å². The van der Waals surface area contributed by atoms with E-state index in [-0.39, 0.29) is 23.6 Å². The summed E-state index contributed by atoms with van der Waals surface area (Å²) in [4.78, 5) is 24.3. The molecule has 27 heavy (non-hydrogen) atoms. The highest BCUT2D eigenvalue weighted by Crippen LogP contribution is 2.44. The quantitative estimate of drug-likeness (QED) is 0.579. The van der Waals surface area contributed by atoms with Gasteiger partial charge in [-0.15, -0.1) is 0 Å². The highest BCUT2D eigenvalue weighted by molar-refractivity contribution is 5.98. The lowest BCUT2D eigenvalue weighted by Crippen LogP contribution is -2.48. The summed E-state index contributed by atoms with van der Waals surface area (Å²) in [5, 5.41) is 0. The van der Waals surface area contributed by atoms with E-state index in [0.717, 1.165) is 32.1 Å². The zero-order valence-electron chi connectivity index (χ0n) is 16.8. The average molecular weight is 372 g/mol. The molecule has 1 atom stereocenters. The molecule has 0 amide bonds. The van der Waals surface area contributed by atoms with Crippen molar-refractivity contribution in [3.8, 4) is 0 Å². The summed E-state index contributed by atoms with van der Waals surface area (Å²) in [7, 11) is 0. The molecular weight excluding hydrogens is 338 g/mol. The highest BCUT2D eigenvalue weighted by Gasteiger charge is 2.47. The van der Waals surface area contributed by atoms with Gasteiger partial charge in [-0.3, -0.25) is 9.59 Å². The largest absolute Gasteiger partial charge is 0.458 e. The van der Waals surface area contributed by atoms with Gasteiger partial charge in [0.05, 0.1) is 0 Å². The van der Waals surface area contributed by atoms with Crippen molar-refractivity contribution in [1.29, 1.82) is 0 Å². The van der Waals surface area contributed by atoms with Gasteiger partial charge in [-0.2, -0.15) is 0 Å². The van der Waals surface area contributed by atoms with Crippen LogP contribution in [0.25, 0.3) is 0 Å². The van der Waals surface area contributed by atoms with Crippen LogP contribution in [-0.2, 0) is 26.2 Å². The van der Waals surface area contributed by atoms with E-state index in [1.54, 1.807) is 0 Å². The molecule has 1 aliphatic heterocycles. The molecule has 2 aliphatic rings. The number of hydrogen-bond acceptors (Lipinski definition) is 4. The standard InChI is InChI=1S/C23H33NO3/c1-22(2,12-13-24)19-9-5-6-17(14-19)10-11-23(18-7-3-4-8-18)16-20(25)15-21(26)27-23/h5-6,9,14,18H,3-4,7-8,10-13,15-16,24H2,1-2H3. The van der Waals surface area contributed by atoms with E-state index in [1.165, 1.54) is 24.0 Å². The lowest BCUT2D eigenvalue weighted by Gasteiger charge is -2.41. The maximum atomic E-state index is 12.2. The van der Waals surface area contributed by atoms with Crippen molar-refractivity contribution in [2.45, 2.75) is 82.7 Å². The minimum absolute atomic E-state index is 0.0379. The number of ketones is 1. The Hall–Kier alpha value is -1.68. The van der Waals surface area contributed by atoms with Crippen molar-refractivity contribution in [2.75, 3.05) is 6.54 Å². The van der Waals surface area contributed by atoms with Gasteiger partial charge >= 0.3 is 5.97 Å². The van der Waals surface area contributed by atoms with Crippen molar-refractivity contribution in [3.05, 3.63) is 35.4 Å². The molecule has 1 saturated heterocycles. The second-order valence-corrected chi connectivity index (χ2v) is 9.04. The fourth-order valence-electron chi connectivity index (χ4n) is 4.89. The molecular formula is C23H33NO3. The molecule has 1 heterocycles. The summed E-state index contributed by atoms with van der Waals surface area (Å²) < 4.78 is 5.91. The second kappa shape index (κ2) is 8.14. The second-order valence-electron chi connectivity index (χ2n) is 9.04. The molecule has 1 unspecified atom stereocenters. The fraction of sp³-hybridized carbons (Fsp3) is 0.652. The van der Waals surface area contributed by atoms with Crippen molar-refractivity contribution in [2.24, 2.45) is 11.7 Å². The van der Waals surface area contributed by atoms with Crippen LogP contribution >= 0.6 is 0 Å². The number of benzene rings is 1. The first-order valence-corrected chi connectivity index (χ1v) is 10.4. The van der Waals surface area contributed by atoms with Crippen LogP contribution in [0.5, 0.6) is 0 Å². The van der Waals surface area contributed by atoms with Crippen LogP contribution in [0.15, 0.2) is 24.3 Å². The summed E-state index contributed by atoms with van der Waals surface area (Å²) in [6.07, 6.45) is 7.28. The Morgan fingerprint density at radius 3 is 2.63 bits per heavy atom. The van der Waals surface area contributed by atoms with E-state index in [0.29, 0.717) is 18.9 Å². The number of hydrogen-bond donors (Lipinski definition) is 1. The van der Waals surface area contributed by atoms with E-state index >= 15 is 0 Å². The minimum atomic E-state index is -0.592. The van der Waals surface area contributed by atoms with Crippen molar-refractivity contribution in [1.82, 2.24) is 0 Å². The normalized spacial score (nSPS) is 24.3. The Bertz CT molecular complexity index is 673. The number of Topliss-reactive ketones (excluding diaryl/α,β-unsaturated/α-hetero) is 1. The molecule has 4 nitrogen and oxygen atoms in total. The summed E-state index contributed by atoms with van der Waals surface area (Å²) in [5.41, 5.74) is 7.76. The smallest absolute Gasteiger partial charge is 0.313 e. The number of ether oxygens (including phenoxy) is 1. The number of aryl methyl sites for hydroxylation is 1. The summed E-state index contributed by atoms with van der Waals surface area (Å²) in [6, 6.07) is 8.65. The number of esters is 1. The van der Waals surface area contributed by atoms with Gasteiger partial charge in [-0.1, -0.05) is 51.0 Å². The van der Waals surface area contributed by atoms with Gasteiger partial charge in [0.15, 0.2) is 0 Å². The van der Waals surface area contributed by atoms with E-state index in [9.17, 15) is 9.59 Å². The van der Waals surface area contributed by atoms with Crippen LogP contribution in [0.4, 0.5) is 0 Å². The molecule has 3 rings (SSSR count). The molecule has 2 N–H and O–H groups in total. The third-order valence-corrected chi connectivity index (χ3v) is 6.57. The first kappa shape index (κ1) is 20.1. The number of carbonyl (C=O) groups is 2. The first-order chi connectivity index (χ1) is 12.8. The monoisotopic (exact) mass is 371 g/mol. The fourth-order valence-corrected chi connectivity index (χ4v) is 4.89. The Kier molecular flexibility index (Phi) is 6.05. The van der Waals surface area contributed by atoms with Crippen LogP contribution in [0.3, 0.4) is 0 Å². The Labute approximate surface area is 162 Å². The van der Waals surface area contributed by atoms with Crippen molar-refractivity contribution < 1.29 is 14.3 Å². The zero-order chi connectivity index (χ0) is 19.5. The predicted octanol–water partition coefficient (Wildman–Crippen LogP) is 4.08. The van der Waals surface area contributed by atoms with E-state index < -0.39 is 5.60 Å². The first-order valence-electron chi connectivity index (χ1n) is 10.4. The topological polar surface area (TPSA) is 69.4 Å². The number of nitrogens with two attached hydrogens (primary N) is 1. The predicted molar refractivity (Wildman–Crippen MR) is 106 cm³/mol. The average Bonchev–Trinajstić information content (AvgIpc) is 3.15. The maximum absolute atomic E-state index is 12.2. The molecule has 2 fully saturated rings. The molecule has 0 aromatic heterocycles. The molecule has 4 heteroatoms. The van der Waals surface area contributed by atoms with Crippen molar-refractivity contribution in [3.63, 3.8) is 0 Å². The minimum Gasteiger partial charge on any atom is -0.458 e. The molecule has 0 radical (unpaired) electrons. The van der Waals surface area contributed by atoms with Gasteiger partial charge in [0.2, 0.25) is 0 Å². The molecule has 0 bridgehead atoms. The third-order valence-electron chi connectivity index (χ3n) is 6.57. The molecule has 0 spiro atoms. The Morgan fingerprint density at radius 1 is 1.22 bits per heavy atom. The highest BCUT2D eigenvalue weighted by atomic mass is 16.6. The SMILES string of the molecule is CC(C)(CCN)c1cccc(CCC2(C3CCCC3)CC(=O)CC(=O)O2)c1. The van der Waals surface area contributed by atoms with Crippen LogP contribution in [-0.4, -0.2) is 23.9 Å². The van der Waals surface area contributed by atoms with Crippen LogP contribution in [0, 0.1) is 5.92 Å². The molecule has 1 saturated carbocycles. The van der Waals surface area contributed by atoms with Crippen LogP contribution in [0.1, 0.15) is 76.3 Å². The van der Waals surface area contributed by atoms with E-state index in [1.807, 2.05) is 0 Å². The van der Waals surface area contributed by atoms with Gasteiger partial charge in [0, 0.05) is 6.42 Å². The van der Waals surface area contributed by atoms with Gasteiger partial charge in [0.25, 0.3) is 0 Å². The van der Waals surface area contributed by atoms with E-state index in [2.05, 4.69) is 38.1 Å². The van der Waals surface area contributed by atoms with E-state index in [4.69, 9.17) is 10.5 Å². The van der Waals surface area contributed by atoms with Crippen LogP contribution in [0.2, 0.25) is 0 Å². The lowest BCUT2D eigenvalue weighted by molar-refractivity contribution is -0.178. The summed E-state index contributed by atoms with van der Waals surface area (Å²) >= 11 is 0. The zero-order valence-corrected chi connectivity index (χ0v) is 16.8. The third kappa shape index (κ3) is 4.60. The van der Waals surface area contributed by atoms with Gasteiger partial charge < -0.3 is 10.5 Å². The number of rotatable bonds is 7. The molecule has 1 aliphatic carbocycles. The molecule has 148 valence electrons. The lowest BCUT2D eigenvalue weighted by atomic mass is 9.75.